The second kappa shape index (κ2) is 14.7. The molecule has 236 valence electrons. The lowest BCUT2D eigenvalue weighted by atomic mass is 9.83. The Balaban J connectivity index is 0.000000818. The molecule has 1 amide bonds. The molecular formula is C34H43N3O6S. The quantitative estimate of drug-likeness (QED) is 0.146. The number of benzene rings is 3. The monoisotopic (exact) mass is 621 g/mol. The minimum absolute atomic E-state index is 0.0330. The Labute approximate surface area is 259 Å². The smallest absolute Gasteiger partial charge is 0.268 e. The third kappa shape index (κ3) is 8.84. The van der Waals surface area contributed by atoms with Crippen molar-refractivity contribution in [2.45, 2.75) is 57.0 Å². The lowest BCUT2D eigenvalue weighted by Crippen LogP contribution is -2.36. The number of rotatable bonds is 8. The first-order valence-corrected chi connectivity index (χ1v) is 16.8. The maximum absolute atomic E-state index is 14.3. The lowest BCUT2D eigenvalue weighted by Gasteiger charge is -2.23. The molecule has 0 radical (unpaired) electrons. The number of nitrogens with zero attached hydrogens (tertiary/aromatic N) is 2. The summed E-state index contributed by atoms with van der Waals surface area (Å²) in [5, 5.41) is 24.6. The zero-order chi connectivity index (χ0) is 31.9. The number of fused-ring (bicyclic) bond motifs is 1. The first-order valence-electron chi connectivity index (χ1n) is 15.0. The summed E-state index contributed by atoms with van der Waals surface area (Å²) in [7, 11) is 0.432. The number of phenols is 2. The van der Waals surface area contributed by atoms with Crippen molar-refractivity contribution in [2.24, 2.45) is 0 Å². The molecule has 4 N–H and O–H groups in total. The molecule has 1 aliphatic carbocycles. The standard InChI is InChI=1S/C33H39N3O3.CH4O3S/c1-35(2)21-22-36-29-12-8-7-11-28(29)31(32(36)33(39)34-25-9-5-3-4-6-10-25)30(23-13-17-26(37)18-14-23)24-15-19-27(38)20-16-24;1-5(2,3)4/h7-8,11-20,25,30,37-38H,3-6,9-10,21-22H2,1-2H3,(H,34,39);1H3,(H,2,3,4). The van der Waals surface area contributed by atoms with Gasteiger partial charge in [0.25, 0.3) is 16.0 Å². The van der Waals surface area contributed by atoms with Gasteiger partial charge < -0.3 is 25.0 Å². The highest BCUT2D eigenvalue weighted by atomic mass is 32.2. The maximum Gasteiger partial charge on any atom is 0.268 e. The van der Waals surface area contributed by atoms with Crippen molar-refractivity contribution in [3.8, 4) is 11.5 Å². The Kier molecular flexibility index (Phi) is 11.1. The predicted octanol–water partition coefficient (Wildman–Crippen LogP) is 5.75. The zero-order valence-corrected chi connectivity index (χ0v) is 26.4. The molecule has 0 aliphatic heterocycles. The van der Waals surface area contributed by atoms with E-state index in [9.17, 15) is 23.4 Å². The SMILES string of the molecule is CN(C)CCn1c(C(=O)NC2CCCCCC2)c(C(c2ccc(O)cc2)c2ccc(O)cc2)c2ccccc21.CS(=O)(=O)O. The van der Waals surface area contributed by atoms with Gasteiger partial charge in [0.15, 0.2) is 0 Å². The van der Waals surface area contributed by atoms with E-state index in [4.69, 9.17) is 4.55 Å². The van der Waals surface area contributed by atoms with Gasteiger partial charge >= 0.3 is 0 Å². The van der Waals surface area contributed by atoms with Crippen LogP contribution in [0.3, 0.4) is 0 Å². The van der Waals surface area contributed by atoms with Gasteiger partial charge in [0.2, 0.25) is 0 Å². The Morgan fingerprint density at radius 2 is 1.39 bits per heavy atom. The molecule has 0 unspecified atom stereocenters. The summed E-state index contributed by atoms with van der Waals surface area (Å²) in [6.07, 6.45) is 7.48. The van der Waals surface area contributed by atoms with Crippen molar-refractivity contribution < 1.29 is 28.0 Å². The Morgan fingerprint density at radius 3 is 1.89 bits per heavy atom. The predicted molar refractivity (Wildman–Crippen MR) is 174 cm³/mol. The molecule has 1 saturated carbocycles. The molecule has 5 rings (SSSR count). The van der Waals surface area contributed by atoms with Crippen LogP contribution >= 0.6 is 0 Å². The van der Waals surface area contributed by atoms with Gasteiger partial charge in [-0.1, -0.05) is 68.1 Å². The van der Waals surface area contributed by atoms with Crippen LogP contribution in [0.1, 0.15) is 71.6 Å². The van der Waals surface area contributed by atoms with Crippen LogP contribution in [0, 0.1) is 0 Å². The van der Waals surface area contributed by atoms with Gasteiger partial charge in [-0.3, -0.25) is 9.35 Å². The highest BCUT2D eigenvalue weighted by Crippen LogP contribution is 2.41. The minimum atomic E-state index is -3.67. The number of hydrogen-bond donors (Lipinski definition) is 4. The van der Waals surface area contributed by atoms with E-state index in [0.29, 0.717) is 18.5 Å². The van der Waals surface area contributed by atoms with E-state index in [-0.39, 0.29) is 29.4 Å². The van der Waals surface area contributed by atoms with Crippen molar-refractivity contribution in [1.82, 2.24) is 14.8 Å². The van der Waals surface area contributed by atoms with E-state index in [0.717, 1.165) is 59.8 Å². The van der Waals surface area contributed by atoms with Crippen LogP contribution in [0.5, 0.6) is 11.5 Å². The van der Waals surface area contributed by atoms with E-state index < -0.39 is 10.1 Å². The topological polar surface area (TPSA) is 132 Å². The second-order valence-electron chi connectivity index (χ2n) is 11.7. The summed E-state index contributed by atoms with van der Waals surface area (Å²) in [4.78, 5) is 16.5. The Bertz CT molecular complexity index is 1590. The molecule has 4 aromatic rings. The Morgan fingerprint density at radius 1 is 0.886 bits per heavy atom. The molecule has 10 heteroatoms. The summed E-state index contributed by atoms with van der Waals surface area (Å²) in [6.45, 7) is 1.48. The van der Waals surface area contributed by atoms with Crippen molar-refractivity contribution in [1.29, 1.82) is 0 Å². The van der Waals surface area contributed by atoms with Crippen molar-refractivity contribution in [3.05, 3.63) is 95.2 Å². The number of nitrogens with one attached hydrogen (secondary N) is 1. The summed E-state index contributed by atoms with van der Waals surface area (Å²) in [6, 6.07) is 22.9. The van der Waals surface area contributed by atoms with Crippen molar-refractivity contribution >= 4 is 26.9 Å². The third-order valence-electron chi connectivity index (χ3n) is 7.93. The fourth-order valence-corrected chi connectivity index (χ4v) is 5.94. The molecule has 0 spiro atoms. The number of likely N-dealkylation sites (N-methyl/N-ethyl adjacent to an activating group) is 1. The van der Waals surface area contributed by atoms with E-state index in [1.807, 2.05) is 50.5 Å². The molecule has 0 bridgehead atoms. The molecule has 0 atom stereocenters. The van der Waals surface area contributed by atoms with E-state index in [2.05, 4.69) is 26.9 Å². The van der Waals surface area contributed by atoms with Crippen LogP contribution in [-0.4, -0.2) is 71.5 Å². The van der Waals surface area contributed by atoms with Gasteiger partial charge in [0.1, 0.15) is 17.2 Å². The number of phenolic OH excluding ortho intramolecular Hbond substituents is 2. The first kappa shape index (κ1) is 33.0. The van der Waals surface area contributed by atoms with Gasteiger partial charge in [-0.05, 0) is 68.4 Å². The molecule has 3 aromatic carbocycles. The maximum atomic E-state index is 14.3. The largest absolute Gasteiger partial charge is 0.508 e. The highest BCUT2D eigenvalue weighted by Gasteiger charge is 2.31. The number of hydrogen-bond acceptors (Lipinski definition) is 6. The molecule has 1 heterocycles. The zero-order valence-electron chi connectivity index (χ0n) is 25.6. The fourth-order valence-electron chi connectivity index (χ4n) is 5.94. The molecule has 0 saturated heterocycles. The van der Waals surface area contributed by atoms with Crippen LogP contribution in [0.2, 0.25) is 0 Å². The molecule has 44 heavy (non-hydrogen) atoms. The summed E-state index contributed by atoms with van der Waals surface area (Å²) in [5.74, 6) is 0.0897. The van der Waals surface area contributed by atoms with Crippen LogP contribution in [0.4, 0.5) is 0 Å². The summed E-state index contributed by atoms with van der Waals surface area (Å²) < 4.78 is 28.1. The first-order chi connectivity index (χ1) is 20.9. The molecular weight excluding hydrogens is 578 g/mol. The van der Waals surface area contributed by atoms with Crippen LogP contribution in [0.15, 0.2) is 72.8 Å². The average molecular weight is 622 g/mol. The van der Waals surface area contributed by atoms with Gasteiger partial charge in [-0.25, -0.2) is 0 Å². The highest BCUT2D eigenvalue weighted by molar-refractivity contribution is 7.85. The number of aromatic nitrogens is 1. The molecule has 9 nitrogen and oxygen atoms in total. The average Bonchev–Trinajstić information content (AvgIpc) is 3.07. The van der Waals surface area contributed by atoms with Crippen molar-refractivity contribution in [3.63, 3.8) is 0 Å². The summed E-state index contributed by atoms with van der Waals surface area (Å²) in [5.41, 5.74) is 4.61. The number of amides is 1. The third-order valence-corrected chi connectivity index (χ3v) is 7.93. The number of carbonyl (C=O) groups is 1. The van der Waals surface area contributed by atoms with Crippen LogP contribution < -0.4 is 5.32 Å². The number of carbonyl (C=O) groups excluding carboxylic acids is 1. The molecule has 1 aromatic heterocycles. The molecule has 1 aliphatic rings. The number of para-hydroxylation sites is 1. The van der Waals surface area contributed by atoms with Crippen molar-refractivity contribution in [2.75, 3.05) is 26.9 Å². The number of aromatic hydroxyl groups is 2. The van der Waals surface area contributed by atoms with Gasteiger partial charge in [-0.15, -0.1) is 0 Å². The van der Waals surface area contributed by atoms with Gasteiger partial charge in [0, 0.05) is 41.5 Å². The second-order valence-corrected chi connectivity index (χ2v) is 13.2. The van der Waals surface area contributed by atoms with E-state index in [1.54, 1.807) is 24.3 Å². The summed E-state index contributed by atoms with van der Waals surface area (Å²) >= 11 is 0. The normalized spacial score (nSPS) is 14.3. The van der Waals surface area contributed by atoms with Gasteiger partial charge in [0.05, 0.1) is 6.26 Å². The van der Waals surface area contributed by atoms with Gasteiger partial charge in [-0.2, -0.15) is 8.42 Å². The van der Waals surface area contributed by atoms with Crippen LogP contribution in [-0.2, 0) is 16.7 Å². The van der Waals surface area contributed by atoms with E-state index in [1.165, 1.54) is 12.8 Å². The lowest BCUT2D eigenvalue weighted by molar-refractivity contribution is 0.0922. The molecule has 1 fully saturated rings. The Hall–Kier alpha value is -3.86. The van der Waals surface area contributed by atoms with E-state index >= 15 is 0 Å². The van der Waals surface area contributed by atoms with Crippen LogP contribution in [0.25, 0.3) is 10.9 Å². The fraction of sp³-hybridized carbons (Fsp3) is 0.382. The minimum Gasteiger partial charge on any atom is -0.508 e.